The van der Waals surface area contributed by atoms with E-state index < -0.39 is 5.97 Å². The number of aromatic nitrogens is 1. The number of nitrogens with one attached hydrogen (secondary N) is 1. The van der Waals surface area contributed by atoms with Crippen molar-refractivity contribution in [3.05, 3.63) is 78.6 Å². The number of rotatable bonds is 11. The minimum atomic E-state index is -0.509. The van der Waals surface area contributed by atoms with Crippen LogP contribution in [0.4, 0.5) is 0 Å². The molecule has 0 amide bonds. The van der Waals surface area contributed by atoms with E-state index >= 15 is 0 Å². The minimum Gasteiger partial charge on any atom is -0.463 e. The summed E-state index contributed by atoms with van der Waals surface area (Å²) in [6.07, 6.45) is 13.3. The highest BCUT2D eigenvalue weighted by atomic mass is 16.5. The van der Waals surface area contributed by atoms with Crippen LogP contribution in [0.15, 0.2) is 67.5 Å². The number of hydrogen-bond donors (Lipinski definition) is 0. The fourth-order valence-corrected chi connectivity index (χ4v) is 2.56. The zero-order valence-electron chi connectivity index (χ0n) is 15.9. The van der Waals surface area contributed by atoms with E-state index in [2.05, 4.69) is 23.7 Å². The highest BCUT2D eigenvalue weighted by Gasteiger charge is 2.00. The number of H-pyrrole nitrogens is 1. The van der Waals surface area contributed by atoms with Gasteiger partial charge in [0.2, 0.25) is 0 Å². The molecular formula is C23H26NO4+. The number of pyridine rings is 1. The number of aromatic amines is 1. The first kappa shape index (κ1) is 21.1. The molecule has 0 radical (unpaired) electrons. The topological polar surface area (TPSA) is 66.7 Å². The molecule has 0 aliphatic rings. The van der Waals surface area contributed by atoms with Crippen LogP contribution in [0.2, 0.25) is 0 Å². The Bertz CT molecular complexity index is 782. The average molecular weight is 380 g/mol. The van der Waals surface area contributed by atoms with E-state index in [1.54, 1.807) is 30.3 Å². The first-order valence-electron chi connectivity index (χ1n) is 9.41. The second kappa shape index (κ2) is 12.2. The Morgan fingerprint density at radius 2 is 1.64 bits per heavy atom. The predicted molar refractivity (Wildman–Crippen MR) is 107 cm³/mol. The lowest BCUT2D eigenvalue weighted by molar-refractivity contribution is -0.378. The molecule has 1 heterocycles. The normalized spacial score (nSPS) is 10.6. The molecule has 0 saturated carbocycles. The Labute approximate surface area is 165 Å². The molecule has 0 saturated heterocycles. The molecule has 5 nitrogen and oxygen atoms in total. The highest BCUT2D eigenvalue weighted by Crippen LogP contribution is 2.13. The SMILES string of the molecule is C=CC(=O)Oc1ccc(/C=C/C(=O)OCCCCCCc2cc[nH+]cc2)cc1. The molecule has 0 fully saturated rings. The molecule has 0 spiro atoms. The van der Waals surface area contributed by atoms with Crippen LogP contribution in [-0.2, 0) is 20.7 Å². The maximum atomic E-state index is 11.7. The second-order valence-corrected chi connectivity index (χ2v) is 6.27. The van der Waals surface area contributed by atoms with Crippen LogP contribution in [0.5, 0.6) is 5.75 Å². The van der Waals surface area contributed by atoms with Crippen LogP contribution in [0.1, 0.15) is 36.8 Å². The molecule has 0 aliphatic carbocycles. The average Bonchev–Trinajstić information content (AvgIpc) is 2.73. The number of unbranched alkanes of at least 4 members (excludes halogenated alkanes) is 3. The van der Waals surface area contributed by atoms with Crippen LogP contribution < -0.4 is 9.72 Å². The van der Waals surface area contributed by atoms with Gasteiger partial charge in [-0.25, -0.2) is 14.6 Å². The van der Waals surface area contributed by atoms with Crippen molar-refractivity contribution in [3.8, 4) is 5.75 Å². The number of aryl methyl sites for hydroxylation is 1. The lowest BCUT2D eigenvalue weighted by atomic mass is 10.1. The Balaban J connectivity index is 1.57. The van der Waals surface area contributed by atoms with E-state index in [1.807, 2.05) is 12.4 Å². The predicted octanol–water partition coefficient (Wildman–Crippen LogP) is 3.95. The van der Waals surface area contributed by atoms with E-state index in [0.29, 0.717) is 12.4 Å². The largest absolute Gasteiger partial charge is 0.463 e. The van der Waals surface area contributed by atoms with Gasteiger partial charge in [0.25, 0.3) is 0 Å². The lowest BCUT2D eigenvalue weighted by Crippen LogP contribution is -2.03. The summed E-state index contributed by atoms with van der Waals surface area (Å²) >= 11 is 0. The third kappa shape index (κ3) is 8.45. The Morgan fingerprint density at radius 1 is 0.929 bits per heavy atom. The first-order valence-corrected chi connectivity index (χ1v) is 9.41. The maximum absolute atomic E-state index is 11.7. The summed E-state index contributed by atoms with van der Waals surface area (Å²) in [6.45, 7) is 3.77. The lowest BCUT2D eigenvalue weighted by Gasteiger charge is -2.03. The molecule has 0 bridgehead atoms. The van der Waals surface area contributed by atoms with Crippen molar-refractivity contribution in [2.24, 2.45) is 0 Å². The molecule has 1 aromatic carbocycles. The van der Waals surface area contributed by atoms with Crippen LogP contribution >= 0.6 is 0 Å². The zero-order chi connectivity index (χ0) is 20.0. The Kier molecular flexibility index (Phi) is 9.21. The van der Waals surface area contributed by atoms with Crippen LogP contribution in [0.3, 0.4) is 0 Å². The van der Waals surface area contributed by atoms with Gasteiger partial charge in [0.05, 0.1) is 6.61 Å². The molecule has 1 N–H and O–H groups in total. The fraction of sp³-hybridized carbons (Fsp3) is 0.261. The second-order valence-electron chi connectivity index (χ2n) is 6.27. The maximum Gasteiger partial charge on any atom is 0.335 e. The monoisotopic (exact) mass is 380 g/mol. The smallest absolute Gasteiger partial charge is 0.335 e. The zero-order valence-corrected chi connectivity index (χ0v) is 15.9. The summed E-state index contributed by atoms with van der Waals surface area (Å²) in [5.74, 6) is -0.441. The molecule has 1 aromatic heterocycles. The van der Waals surface area contributed by atoms with Crippen LogP contribution in [0.25, 0.3) is 6.08 Å². The Morgan fingerprint density at radius 3 is 2.36 bits per heavy atom. The third-order valence-electron chi connectivity index (χ3n) is 4.07. The summed E-state index contributed by atoms with van der Waals surface area (Å²) in [7, 11) is 0. The van der Waals surface area contributed by atoms with Gasteiger partial charge >= 0.3 is 11.9 Å². The number of hydrogen-bond acceptors (Lipinski definition) is 4. The van der Waals surface area contributed by atoms with Gasteiger partial charge in [-0.15, -0.1) is 0 Å². The number of ether oxygens (including phenoxy) is 2. The van der Waals surface area contributed by atoms with Gasteiger partial charge in [-0.2, -0.15) is 0 Å². The van der Waals surface area contributed by atoms with Gasteiger partial charge in [-0.05, 0) is 48.6 Å². The van der Waals surface area contributed by atoms with Crippen molar-refractivity contribution in [1.29, 1.82) is 0 Å². The molecular weight excluding hydrogens is 354 g/mol. The van der Waals surface area contributed by atoms with Crippen LogP contribution in [0, 0.1) is 0 Å². The minimum absolute atomic E-state index is 0.359. The van der Waals surface area contributed by atoms with Crippen molar-refractivity contribution in [1.82, 2.24) is 0 Å². The molecule has 0 atom stereocenters. The van der Waals surface area contributed by atoms with Crippen molar-refractivity contribution in [2.75, 3.05) is 6.61 Å². The number of benzene rings is 1. The van der Waals surface area contributed by atoms with Crippen molar-refractivity contribution in [3.63, 3.8) is 0 Å². The van der Waals surface area contributed by atoms with E-state index in [0.717, 1.165) is 43.7 Å². The summed E-state index contributed by atoms with van der Waals surface area (Å²) < 4.78 is 10.2. The number of carbonyl (C=O) groups is 2. The van der Waals surface area contributed by atoms with Gasteiger partial charge in [0.15, 0.2) is 12.4 Å². The summed E-state index contributed by atoms with van der Waals surface area (Å²) in [5.41, 5.74) is 2.15. The first-order chi connectivity index (χ1) is 13.7. The fourth-order valence-electron chi connectivity index (χ4n) is 2.56. The van der Waals surface area contributed by atoms with E-state index in [4.69, 9.17) is 9.47 Å². The van der Waals surface area contributed by atoms with Gasteiger partial charge in [0, 0.05) is 24.3 Å². The molecule has 5 heteroatoms. The molecule has 28 heavy (non-hydrogen) atoms. The molecule has 0 aliphatic heterocycles. The Hall–Kier alpha value is -3.21. The molecule has 0 unspecified atom stereocenters. The quantitative estimate of drug-likeness (QED) is 0.256. The molecule has 2 rings (SSSR count). The van der Waals surface area contributed by atoms with E-state index in [9.17, 15) is 9.59 Å². The van der Waals surface area contributed by atoms with Crippen molar-refractivity contribution in [2.45, 2.75) is 32.1 Å². The van der Waals surface area contributed by atoms with Gasteiger partial charge < -0.3 is 9.47 Å². The summed E-state index contributed by atoms with van der Waals surface area (Å²) in [6, 6.07) is 11.0. The van der Waals surface area contributed by atoms with Crippen molar-refractivity contribution >= 4 is 18.0 Å². The van der Waals surface area contributed by atoms with Crippen LogP contribution in [-0.4, -0.2) is 18.5 Å². The van der Waals surface area contributed by atoms with Gasteiger partial charge in [-0.3, -0.25) is 0 Å². The van der Waals surface area contributed by atoms with E-state index in [1.165, 1.54) is 11.6 Å². The van der Waals surface area contributed by atoms with Gasteiger partial charge in [0.1, 0.15) is 5.75 Å². The number of esters is 2. The molecule has 146 valence electrons. The third-order valence-corrected chi connectivity index (χ3v) is 4.07. The summed E-state index contributed by atoms with van der Waals surface area (Å²) in [4.78, 5) is 25.9. The number of carbonyl (C=O) groups excluding carboxylic acids is 2. The highest BCUT2D eigenvalue weighted by molar-refractivity contribution is 5.87. The van der Waals surface area contributed by atoms with Crippen molar-refractivity contribution < 1.29 is 24.0 Å². The summed E-state index contributed by atoms with van der Waals surface area (Å²) in [5, 5.41) is 0. The standard InChI is InChI=1S/C23H25NO4/c1-2-22(25)28-21-11-8-20(9-12-21)10-13-23(26)27-18-6-4-3-5-7-19-14-16-24-17-15-19/h2,8-17H,1,3-7,18H2/p+1/b13-10+. The van der Waals surface area contributed by atoms with Gasteiger partial charge in [-0.1, -0.05) is 31.6 Å². The molecule has 2 aromatic rings. The van der Waals surface area contributed by atoms with E-state index in [-0.39, 0.29) is 5.97 Å².